The SMILES string of the molecule is COCC(C)(N)C1(O)CCC(C)CC1. The standard InChI is InChI=1S/C11H23NO2/c1-9-4-6-11(13,7-5-9)10(2,12)8-14-3/h9,13H,4-8,12H2,1-3H3. The van der Waals surface area contributed by atoms with Gasteiger partial charge in [0.15, 0.2) is 0 Å². The number of aliphatic hydroxyl groups is 1. The van der Waals surface area contributed by atoms with Crippen molar-refractivity contribution in [1.29, 1.82) is 0 Å². The smallest absolute Gasteiger partial charge is 0.0846 e. The molecule has 3 nitrogen and oxygen atoms in total. The summed E-state index contributed by atoms with van der Waals surface area (Å²) in [6.45, 7) is 4.52. The van der Waals surface area contributed by atoms with E-state index in [1.54, 1.807) is 7.11 Å². The van der Waals surface area contributed by atoms with Crippen molar-refractivity contribution >= 4 is 0 Å². The van der Waals surface area contributed by atoms with Gasteiger partial charge in [0.05, 0.1) is 17.7 Å². The van der Waals surface area contributed by atoms with Crippen LogP contribution in [0.15, 0.2) is 0 Å². The number of hydrogen-bond donors (Lipinski definition) is 2. The number of rotatable bonds is 3. The predicted molar refractivity (Wildman–Crippen MR) is 57.1 cm³/mol. The molecule has 84 valence electrons. The third-order valence-corrected chi connectivity index (χ3v) is 3.61. The van der Waals surface area contributed by atoms with Crippen LogP contribution in [0.1, 0.15) is 39.5 Å². The van der Waals surface area contributed by atoms with E-state index in [4.69, 9.17) is 10.5 Å². The van der Waals surface area contributed by atoms with Gasteiger partial charge < -0.3 is 15.6 Å². The van der Waals surface area contributed by atoms with Crippen LogP contribution in [-0.2, 0) is 4.74 Å². The van der Waals surface area contributed by atoms with Crippen molar-refractivity contribution < 1.29 is 9.84 Å². The van der Waals surface area contributed by atoms with Crippen LogP contribution in [0.2, 0.25) is 0 Å². The minimum atomic E-state index is -0.741. The summed E-state index contributed by atoms with van der Waals surface area (Å²) in [5, 5.41) is 10.4. The highest BCUT2D eigenvalue weighted by atomic mass is 16.5. The highest BCUT2D eigenvalue weighted by Crippen LogP contribution is 2.37. The quantitative estimate of drug-likeness (QED) is 0.723. The molecule has 0 aliphatic heterocycles. The molecule has 3 N–H and O–H groups in total. The first-order valence-corrected chi connectivity index (χ1v) is 5.41. The molecule has 1 unspecified atom stereocenters. The summed E-state index contributed by atoms with van der Waals surface area (Å²) < 4.78 is 5.07. The molecule has 1 aliphatic carbocycles. The molecule has 0 radical (unpaired) electrons. The zero-order valence-electron chi connectivity index (χ0n) is 9.55. The van der Waals surface area contributed by atoms with E-state index >= 15 is 0 Å². The lowest BCUT2D eigenvalue weighted by molar-refractivity contribution is -0.0876. The molecule has 1 atom stereocenters. The van der Waals surface area contributed by atoms with Crippen LogP contribution in [0, 0.1) is 5.92 Å². The Labute approximate surface area is 86.6 Å². The molecule has 0 spiro atoms. The first kappa shape index (κ1) is 12.0. The van der Waals surface area contributed by atoms with Crippen molar-refractivity contribution in [2.75, 3.05) is 13.7 Å². The van der Waals surface area contributed by atoms with Crippen molar-refractivity contribution in [3.63, 3.8) is 0 Å². The average Bonchev–Trinajstić information content (AvgIpc) is 2.10. The number of methoxy groups -OCH3 is 1. The van der Waals surface area contributed by atoms with E-state index in [9.17, 15) is 5.11 Å². The van der Waals surface area contributed by atoms with Gasteiger partial charge >= 0.3 is 0 Å². The fraction of sp³-hybridized carbons (Fsp3) is 1.00. The van der Waals surface area contributed by atoms with Crippen LogP contribution >= 0.6 is 0 Å². The van der Waals surface area contributed by atoms with E-state index in [2.05, 4.69) is 6.92 Å². The Balaban J connectivity index is 2.64. The third kappa shape index (κ3) is 2.27. The van der Waals surface area contributed by atoms with Crippen LogP contribution in [-0.4, -0.2) is 30.0 Å². The van der Waals surface area contributed by atoms with Gasteiger partial charge in [0.2, 0.25) is 0 Å². The van der Waals surface area contributed by atoms with Gasteiger partial charge in [-0.15, -0.1) is 0 Å². The van der Waals surface area contributed by atoms with Crippen LogP contribution < -0.4 is 5.73 Å². The second kappa shape index (κ2) is 4.17. The Morgan fingerprint density at radius 2 is 2.00 bits per heavy atom. The maximum Gasteiger partial charge on any atom is 0.0846 e. The lowest BCUT2D eigenvalue weighted by atomic mass is 9.70. The van der Waals surface area contributed by atoms with Gasteiger partial charge in [0, 0.05) is 7.11 Å². The maximum absolute atomic E-state index is 10.4. The maximum atomic E-state index is 10.4. The molecule has 0 aromatic carbocycles. The molecule has 0 aromatic rings. The summed E-state index contributed by atoms with van der Waals surface area (Å²) >= 11 is 0. The second-order valence-corrected chi connectivity index (χ2v) is 5.06. The summed E-state index contributed by atoms with van der Waals surface area (Å²) in [7, 11) is 1.62. The fourth-order valence-electron chi connectivity index (χ4n) is 2.24. The first-order chi connectivity index (χ1) is 6.41. The van der Waals surface area contributed by atoms with Gasteiger partial charge in [-0.3, -0.25) is 0 Å². The highest BCUT2D eigenvalue weighted by Gasteiger charge is 2.45. The summed E-state index contributed by atoms with van der Waals surface area (Å²) in [5.41, 5.74) is 4.74. The highest BCUT2D eigenvalue weighted by molar-refractivity contribution is 5.02. The topological polar surface area (TPSA) is 55.5 Å². The van der Waals surface area contributed by atoms with Crippen molar-refractivity contribution in [1.82, 2.24) is 0 Å². The third-order valence-electron chi connectivity index (χ3n) is 3.61. The molecule has 0 bridgehead atoms. The Hall–Kier alpha value is -0.120. The fourth-order valence-corrected chi connectivity index (χ4v) is 2.24. The monoisotopic (exact) mass is 201 g/mol. The molecule has 14 heavy (non-hydrogen) atoms. The molecule has 1 rings (SSSR count). The van der Waals surface area contributed by atoms with Crippen molar-refractivity contribution in [2.45, 2.75) is 50.7 Å². The molecule has 0 amide bonds. The van der Waals surface area contributed by atoms with Gasteiger partial charge in [-0.05, 0) is 38.5 Å². The average molecular weight is 201 g/mol. The summed E-state index contributed by atoms with van der Waals surface area (Å²) in [5.74, 6) is 0.716. The molecule has 0 saturated heterocycles. The molecular weight excluding hydrogens is 178 g/mol. The van der Waals surface area contributed by atoms with Crippen LogP contribution in [0.3, 0.4) is 0 Å². The zero-order chi connectivity index (χ0) is 10.8. The minimum absolute atomic E-state index is 0.415. The van der Waals surface area contributed by atoms with Gasteiger partial charge in [-0.25, -0.2) is 0 Å². The van der Waals surface area contributed by atoms with Gasteiger partial charge in [-0.2, -0.15) is 0 Å². The Bertz CT molecular complexity index is 184. The van der Waals surface area contributed by atoms with E-state index in [1.165, 1.54) is 0 Å². The van der Waals surface area contributed by atoms with Gasteiger partial charge in [0.1, 0.15) is 0 Å². The van der Waals surface area contributed by atoms with E-state index in [1.807, 2.05) is 6.92 Å². The zero-order valence-corrected chi connectivity index (χ0v) is 9.55. The van der Waals surface area contributed by atoms with E-state index in [0.29, 0.717) is 12.5 Å². The largest absolute Gasteiger partial charge is 0.388 e. The van der Waals surface area contributed by atoms with Crippen LogP contribution in [0.4, 0.5) is 0 Å². The normalized spacial score (nSPS) is 37.9. The Morgan fingerprint density at radius 3 is 2.43 bits per heavy atom. The van der Waals surface area contributed by atoms with Crippen LogP contribution in [0.25, 0.3) is 0 Å². The number of nitrogens with two attached hydrogens (primary N) is 1. The van der Waals surface area contributed by atoms with Gasteiger partial charge in [0.25, 0.3) is 0 Å². The van der Waals surface area contributed by atoms with Crippen molar-refractivity contribution in [3.05, 3.63) is 0 Å². The molecule has 1 aliphatic rings. The molecule has 3 heteroatoms. The minimum Gasteiger partial charge on any atom is -0.388 e. The molecule has 1 saturated carbocycles. The Morgan fingerprint density at radius 1 is 1.50 bits per heavy atom. The van der Waals surface area contributed by atoms with E-state index in [0.717, 1.165) is 25.7 Å². The predicted octanol–water partition coefficient (Wildman–Crippen LogP) is 1.29. The first-order valence-electron chi connectivity index (χ1n) is 5.41. The number of ether oxygens (including phenoxy) is 1. The van der Waals surface area contributed by atoms with E-state index in [-0.39, 0.29) is 0 Å². The van der Waals surface area contributed by atoms with Crippen molar-refractivity contribution in [2.24, 2.45) is 11.7 Å². The molecule has 1 fully saturated rings. The Kier molecular flexibility index (Phi) is 3.56. The summed E-state index contributed by atoms with van der Waals surface area (Å²) in [6.07, 6.45) is 3.72. The lowest BCUT2D eigenvalue weighted by Gasteiger charge is -2.45. The summed E-state index contributed by atoms with van der Waals surface area (Å²) in [4.78, 5) is 0. The van der Waals surface area contributed by atoms with E-state index < -0.39 is 11.1 Å². The van der Waals surface area contributed by atoms with Crippen molar-refractivity contribution in [3.8, 4) is 0 Å². The molecule has 0 heterocycles. The second-order valence-electron chi connectivity index (χ2n) is 5.06. The number of hydrogen-bond acceptors (Lipinski definition) is 3. The van der Waals surface area contributed by atoms with Gasteiger partial charge in [-0.1, -0.05) is 6.92 Å². The van der Waals surface area contributed by atoms with Crippen LogP contribution in [0.5, 0.6) is 0 Å². The molecular formula is C11H23NO2. The lowest BCUT2D eigenvalue weighted by Crippen LogP contribution is -2.62. The molecule has 0 aromatic heterocycles. The summed E-state index contributed by atoms with van der Waals surface area (Å²) in [6, 6.07) is 0.